The van der Waals surface area contributed by atoms with Gasteiger partial charge in [0.25, 0.3) is 0 Å². The Morgan fingerprint density at radius 2 is 1.19 bits per heavy atom. The van der Waals surface area contributed by atoms with E-state index in [1.165, 1.54) is 0 Å². The number of fused-ring (bicyclic) bond motifs is 5. The van der Waals surface area contributed by atoms with Gasteiger partial charge in [-0.1, -0.05) is 46.3 Å². The van der Waals surface area contributed by atoms with Crippen molar-refractivity contribution in [3.63, 3.8) is 0 Å². The molecule has 3 saturated heterocycles. The Kier molecular flexibility index (Phi) is 15.9. The average molecular weight is 963 g/mol. The van der Waals surface area contributed by atoms with Crippen LogP contribution in [0.15, 0.2) is 11.6 Å². The summed E-state index contributed by atoms with van der Waals surface area (Å²) in [6.45, 7) is 14.7. The van der Waals surface area contributed by atoms with Gasteiger partial charge < -0.3 is 94.8 Å². The molecule has 7 rings (SSSR count). The van der Waals surface area contributed by atoms with Crippen LogP contribution < -0.4 is 0 Å². The first kappa shape index (κ1) is 53.8. The maximum absolute atomic E-state index is 12.7. The minimum atomic E-state index is -1.78. The van der Waals surface area contributed by atoms with Gasteiger partial charge in [0, 0.05) is 0 Å². The van der Waals surface area contributed by atoms with E-state index >= 15 is 0 Å². The zero-order valence-electron chi connectivity index (χ0n) is 40.3. The molecule has 0 amide bonds. The van der Waals surface area contributed by atoms with Crippen LogP contribution in [0, 0.1) is 45.3 Å². The lowest BCUT2D eigenvalue weighted by Crippen LogP contribution is -2.71. The number of aliphatic hydroxyl groups is 13. The SMILES string of the molecule is CC(C)=CCC[C@](C)(O[C@@H]1O[C@H](CO)[C@@H](O)[C@H](O)[C@H]1O)[C@H]1CC[C@]2(C)[C@@H]1[C@H](O)C[C@@H]1[C@@]3(C)CC[C@H](O)C(C)(C)[C@@H]3[C@@H](O[C@@H]3O[C@H](CO[C@H]4O[C@H](CO)[C@@H](O)[C@H](O)[C@H]4O)[C@@H](O)[C@H](O)[C@H]3O)C[C@]12C. The number of aliphatic hydroxyl groups excluding tert-OH is 13. The lowest BCUT2D eigenvalue weighted by Gasteiger charge is -2.72. The summed E-state index contributed by atoms with van der Waals surface area (Å²) in [7, 11) is 0. The number of allylic oxidation sites excluding steroid dienone is 2. The third kappa shape index (κ3) is 9.13. The van der Waals surface area contributed by atoms with Gasteiger partial charge in [-0.2, -0.15) is 0 Å². The van der Waals surface area contributed by atoms with Gasteiger partial charge in [0.2, 0.25) is 0 Å². The third-order valence-corrected chi connectivity index (χ3v) is 18.7. The van der Waals surface area contributed by atoms with Crippen molar-refractivity contribution >= 4 is 0 Å². The molecule has 0 aromatic heterocycles. The van der Waals surface area contributed by atoms with E-state index in [-0.39, 0.29) is 23.7 Å². The summed E-state index contributed by atoms with van der Waals surface area (Å²) in [6, 6.07) is 0. The van der Waals surface area contributed by atoms with Crippen LogP contribution in [0.2, 0.25) is 0 Å². The molecule has 3 heterocycles. The van der Waals surface area contributed by atoms with Crippen LogP contribution in [-0.4, -0.2) is 202 Å². The van der Waals surface area contributed by atoms with Gasteiger partial charge in [0.15, 0.2) is 18.9 Å². The average Bonchev–Trinajstić information content (AvgIpc) is 3.66. The maximum Gasteiger partial charge on any atom is 0.187 e. The van der Waals surface area contributed by atoms with Crippen molar-refractivity contribution < 1.29 is 94.8 Å². The van der Waals surface area contributed by atoms with E-state index in [1.54, 1.807) is 0 Å². The Morgan fingerprint density at radius 3 is 1.78 bits per heavy atom. The second kappa shape index (κ2) is 19.8. The van der Waals surface area contributed by atoms with E-state index in [1.807, 2.05) is 34.6 Å². The highest BCUT2D eigenvalue weighted by molar-refractivity contribution is 5.22. The highest BCUT2D eigenvalue weighted by atomic mass is 16.7. The summed E-state index contributed by atoms with van der Waals surface area (Å²) < 4.78 is 37.1. The summed E-state index contributed by atoms with van der Waals surface area (Å²) in [5.74, 6) is -1.11. The van der Waals surface area contributed by atoms with Crippen LogP contribution in [0.25, 0.3) is 0 Å². The molecule has 0 aromatic carbocycles. The van der Waals surface area contributed by atoms with Crippen molar-refractivity contribution in [3.05, 3.63) is 11.6 Å². The molecule has 0 bridgehead atoms. The Bertz CT molecular complexity index is 1710. The van der Waals surface area contributed by atoms with Crippen molar-refractivity contribution in [1.82, 2.24) is 0 Å². The molecule has 4 saturated carbocycles. The van der Waals surface area contributed by atoms with E-state index in [0.717, 1.165) is 5.57 Å². The van der Waals surface area contributed by atoms with Gasteiger partial charge in [0.05, 0.1) is 43.7 Å². The number of hydrogen-bond acceptors (Lipinski definition) is 19. The van der Waals surface area contributed by atoms with Gasteiger partial charge in [-0.3, -0.25) is 0 Å². The highest BCUT2D eigenvalue weighted by Crippen LogP contribution is 2.76. The van der Waals surface area contributed by atoms with E-state index in [4.69, 9.17) is 28.4 Å². The molecule has 26 atom stereocenters. The normalized spacial score (nSPS) is 52.9. The van der Waals surface area contributed by atoms with Crippen molar-refractivity contribution in [3.8, 4) is 0 Å². The topological polar surface area (TPSA) is 318 Å². The quantitative estimate of drug-likeness (QED) is 0.0773. The summed E-state index contributed by atoms with van der Waals surface area (Å²) in [4.78, 5) is 0. The predicted octanol–water partition coefficient (Wildman–Crippen LogP) is -1.06. The van der Waals surface area contributed by atoms with Gasteiger partial charge in [-0.05, 0) is 117 Å². The zero-order chi connectivity index (χ0) is 49.5. The smallest absolute Gasteiger partial charge is 0.187 e. The fraction of sp³-hybridized carbons (Fsp3) is 0.958. The van der Waals surface area contributed by atoms with Crippen molar-refractivity contribution in [2.45, 2.75) is 223 Å². The van der Waals surface area contributed by atoms with Crippen LogP contribution in [0.5, 0.6) is 0 Å². The third-order valence-electron chi connectivity index (χ3n) is 18.7. The second-order valence-corrected chi connectivity index (χ2v) is 23.1. The zero-order valence-corrected chi connectivity index (χ0v) is 40.3. The van der Waals surface area contributed by atoms with E-state index in [9.17, 15) is 66.4 Å². The van der Waals surface area contributed by atoms with E-state index in [0.29, 0.717) is 51.4 Å². The van der Waals surface area contributed by atoms with E-state index < -0.39 is 158 Å². The molecule has 0 spiro atoms. The van der Waals surface area contributed by atoms with Gasteiger partial charge >= 0.3 is 0 Å². The molecule has 19 nitrogen and oxygen atoms in total. The molecule has 19 heteroatoms. The Morgan fingerprint density at radius 1 is 0.657 bits per heavy atom. The van der Waals surface area contributed by atoms with Crippen molar-refractivity contribution in [2.75, 3.05) is 19.8 Å². The van der Waals surface area contributed by atoms with Gasteiger partial charge in [0.1, 0.15) is 73.2 Å². The van der Waals surface area contributed by atoms with Crippen LogP contribution >= 0.6 is 0 Å². The Hall–Kier alpha value is -1.02. The molecular weight excluding hydrogens is 881 g/mol. The minimum Gasteiger partial charge on any atom is -0.394 e. The molecule has 0 unspecified atom stereocenters. The van der Waals surface area contributed by atoms with Crippen LogP contribution in [0.3, 0.4) is 0 Å². The van der Waals surface area contributed by atoms with E-state index in [2.05, 4.69) is 26.8 Å². The number of hydrogen-bond donors (Lipinski definition) is 13. The molecule has 7 aliphatic rings. The largest absolute Gasteiger partial charge is 0.394 e. The summed E-state index contributed by atoms with van der Waals surface area (Å²) >= 11 is 0. The first-order chi connectivity index (χ1) is 31.2. The number of rotatable bonds is 13. The van der Waals surface area contributed by atoms with Crippen LogP contribution in [0.1, 0.15) is 107 Å². The highest BCUT2D eigenvalue weighted by Gasteiger charge is 2.74. The molecule has 13 N–H and O–H groups in total. The van der Waals surface area contributed by atoms with Crippen molar-refractivity contribution in [2.24, 2.45) is 45.3 Å². The molecule has 3 aliphatic heterocycles. The first-order valence-corrected chi connectivity index (χ1v) is 24.5. The molecule has 4 aliphatic carbocycles. The van der Waals surface area contributed by atoms with Crippen LogP contribution in [-0.2, 0) is 28.4 Å². The number of ether oxygens (including phenoxy) is 6. The van der Waals surface area contributed by atoms with Crippen molar-refractivity contribution in [1.29, 1.82) is 0 Å². The van der Waals surface area contributed by atoms with Crippen LogP contribution in [0.4, 0.5) is 0 Å². The molecular formula is C48H82O19. The molecule has 0 aromatic rings. The lowest BCUT2D eigenvalue weighted by molar-refractivity contribution is -0.357. The standard InChI is InChI=1S/C48H82O19/c1-21(2)10-9-13-48(8,67-43-39(61)35(57)32(54)26(19-50)65-43)22-11-15-46(6)30(22)23(51)16-28-45(5)14-12-29(52)44(3,4)40(45)24(17-47(28,46)7)63-42-38(60)36(58)33(55)27(66-42)20-62-41-37(59)34(56)31(53)25(18-49)64-41/h10,22-43,49-61H,9,11-20H2,1-8H3/t22-,23+,24-,25+,26+,27+,28+,29-,30-,31+,32+,33+,34-,35-,36-,37+,38+,39+,40-,41-,42+,43-,45+,46+,47+,48-/m0/s1. The fourth-order valence-corrected chi connectivity index (χ4v) is 14.8. The fourth-order valence-electron chi connectivity index (χ4n) is 14.8. The first-order valence-electron chi connectivity index (χ1n) is 24.5. The molecule has 0 radical (unpaired) electrons. The molecule has 67 heavy (non-hydrogen) atoms. The summed E-state index contributed by atoms with van der Waals surface area (Å²) in [5, 5.41) is 142. The minimum absolute atomic E-state index is 0.0841. The molecule has 7 fully saturated rings. The maximum atomic E-state index is 12.7. The second-order valence-electron chi connectivity index (χ2n) is 23.1. The van der Waals surface area contributed by atoms with Gasteiger partial charge in [-0.25, -0.2) is 0 Å². The van der Waals surface area contributed by atoms with Gasteiger partial charge in [-0.15, -0.1) is 0 Å². The lowest BCUT2D eigenvalue weighted by atomic mass is 9.34. The summed E-state index contributed by atoms with van der Waals surface area (Å²) in [6.07, 6.45) is -19.3. The summed E-state index contributed by atoms with van der Waals surface area (Å²) in [5.41, 5.74) is -2.41. The predicted molar refractivity (Wildman–Crippen MR) is 235 cm³/mol. The Labute approximate surface area is 393 Å². The monoisotopic (exact) mass is 963 g/mol. The Balaban J connectivity index is 1.20. The molecule has 388 valence electrons.